The molecule has 1 unspecified atom stereocenters. The number of likely N-dealkylation sites (tertiary alicyclic amines) is 1. The zero-order chi connectivity index (χ0) is 14.5. The molecule has 5 nitrogen and oxygen atoms in total. The predicted molar refractivity (Wildman–Crippen MR) is 76.9 cm³/mol. The average Bonchev–Trinajstić information content (AvgIpc) is 2.46. The van der Waals surface area contributed by atoms with Crippen LogP contribution in [-0.2, 0) is 9.59 Å². The molecule has 0 aliphatic carbocycles. The largest absolute Gasteiger partial charge is 0.481 e. The second-order valence-electron chi connectivity index (χ2n) is 4.85. The molecule has 1 saturated heterocycles. The summed E-state index contributed by atoms with van der Waals surface area (Å²) in [4.78, 5) is 24.7. The van der Waals surface area contributed by atoms with Gasteiger partial charge in [-0.05, 0) is 25.0 Å². The number of rotatable bonds is 4. The van der Waals surface area contributed by atoms with Gasteiger partial charge in [0.2, 0.25) is 5.91 Å². The molecule has 2 N–H and O–H groups in total. The molecule has 6 heteroatoms. The third-order valence-corrected chi connectivity index (χ3v) is 3.76. The fourth-order valence-electron chi connectivity index (χ4n) is 2.29. The molecule has 1 aromatic carbocycles. The summed E-state index contributed by atoms with van der Waals surface area (Å²) in [5.74, 6) is -1.38. The maximum Gasteiger partial charge on any atom is 0.308 e. The number of anilines is 1. The molecule has 0 bridgehead atoms. The Labute approximate surface area is 122 Å². The van der Waals surface area contributed by atoms with E-state index in [4.69, 9.17) is 16.7 Å². The van der Waals surface area contributed by atoms with E-state index in [0.717, 1.165) is 6.42 Å². The summed E-state index contributed by atoms with van der Waals surface area (Å²) >= 11 is 5.99. The minimum absolute atomic E-state index is 0.101. The first kappa shape index (κ1) is 14.7. The quantitative estimate of drug-likeness (QED) is 0.892. The first-order valence-electron chi connectivity index (χ1n) is 6.57. The smallest absolute Gasteiger partial charge is 0.308 e. The number of piperidine rings is 1. The standard InChI is InChI=1S/C14H17ClN2O3/c15-11-5-1-2-6-12(11)16-8-13(18)17-7-3-4-10(9-17)14(19)20/h1-2,5-6,10,16H,3-4,7-9H2,(H,19,20). The Morgan fingerprint density at radius 2 is 2.15 bits per heavy atom. The number of para-hydroxylation sites is 1. The molecular formula is C14H17ClN2O3. The Balaban J connectivity index is 1.89. The van der Waals surface area contributed by atoms with Crippen molar-refractivity contribution in [3.05, 3.63) is 29.3 Å². The minimum Gasteiger partial charge on any atom is -0.481 e. The highest BCUT2D eigenvalue weighted by molar-refractivity contribution is 6.33. The lowest BCUT2D eigenvalue weighted by atomic mass is 9.98. The van der Waals surface area contributed by atoms with Crippen molar-refractivity contribution in [2.45, 2.75) is 12.8 Å². The van der Waals surface area contributed by atoms with Crippen LogP contribution in [0.2, 0.25) is 5.02 Å². The number of amides is 1. The van der Waals surface area contributed by atoms with E-state index in [1.807, 2.05) is 12.1 Å². The Hall–Kier alpha value is -1.75. The highest BCUT2D eigenvalue weighted by Crippen LogP contribution is 2.21. The van der Waals surface area contributed by atoms with Gasteiger partial charge in [-0.3, -0.25) is 9.59 Å². The topological polar surface area (TPSA) is 69.6 Å². The number of aliphatic carboxylic acids is 1. The van der Waals surface area contributed by atoms with Crippen molar-refractivity contribution >= 4 is 29.2 Å². The highest BCUT2D eigenvalue weighted by atomic mass is 35.5. The SMILES string of the molecule is O=C(O)C1CCCN(C(=O)CNc2ccccc2Cl)C1. The Kier molecular flexibility index (Phi) is 4.84. The normalized spacial score (nSPS) is 18.6. The number of hydrogen-bond donors (Lipinski definition) is 2. The van der Waals surface area contributed by atoms with Gasteiger partial charge in [-0.15, -0.1) is 0 Å². The summed E-state index contributed by atoms with van der Waals surface area (Å²) < 4.78 is 0. The number of nitrogens with zero attached hydrogens (tertiary/aromatic N) is 1. The average molecular weight is 297 g/mol. The van der Waals surface area contributed by atoms with Crippen molar-refractivity contribution in [3.63, 3.8) is 0 Å². The Morgan fingerprint density at radius 3 is 2.85 bits per heavy atom. The number of halogens is 1. The van der Waals surface area contributed by atoms with Crippen molar-refractivity contribution < 1.29 is 14.7 Å². The molecule has 0 spiro atoms. The summed E-state index contributed by atoms with van der Waals surface area (Å²) in [6, 6.07) is 7.19. The van der Waals surface area contributed by atoms with Crippen molar-refractivity contribution in [1.29, 1.82) is 0 Å². The molecule has 1 amide bonds. The molecule has 1 aromatic rings. The molecule has 1 atom stereocenters. The number of carbonyl (C=O) groups is 2. The van der Waals surface area contributed by atoms with Crippen LogP contribution in [0.1, 0.15) is 12.8 Å². The van der Waals surface area contributed by atoms with E-state index in [9.17, 15) is 9.59 Å². The summed E-state index contributed by atoms with van der Waals surface area (Å²) in [6.07, 6.45) is 1.37. The van der Waals surface area contributed by atoms with E-state index in [1.165, 1.54) is 0 Å². The van der Waals surface area contributed by atoms with Gasteiger partial charge in [0.25, 0.3) is 0 Å². The van der Waals surface area contributed by atoms with E-state index in [1.54, 1.807) is 17.0 Å². The van der Waals surface area contributed by atoms with E-state index >= 15 is 0 Å². The lowest BCUT2D eigenvalue weighted by Crippen LogP contribution is -2.44. The van der Waals surface area contributed by atoms with Crippen molar-refractivity contribution in [2.75, 3.05) is 25.0 Å². The molecule has 0 aromatic heterocycles. The summed E-state index contributed by atoms with van der Waals surface area (Å²) in [5, 5.41) is 12.6. The Morgan fingerprint density at radius 1 is 1.40 bits per heavy atom. The van der Waals surface area contributed by atoms with Gasteiger partial charge in [0.15, 0.2) is 0 Å². The minimum atomic E-state index is -0.832. The summed E-state index contributed by atoms with van der Waals surface area (Å²) in [5.41, 5.74) is 0.703. The van der Waals surface area contributed by atoms with Crippen LogP contribution in [0.5, 0.6) is 0 Å². The van der Waals surface area contributed by atoms with Gasteiger partial charge in [0.05, 0.1) is 23.2 Å². The zero-order valence-electron chi connectivity index (χ0n) is 11.0. The molecule has 2 rings (SSSR count). The number of carboxylic acids is 1. The van der Waals surface area contributed by atoms with Crippen LogP contribution in [0, 0.1) is 5.92 Å². The predicted octanol–water partition coefficient (Wildman–Crippen LogP) is 2.08. The molecule has 0 saturated carbocycles. The molecule has 1 aliphatic heterocycles. The maximum absolute atomic E-state index is 12.1. The van der Waals surface area contributed by atoms with E-state index in [-0.39, 0.29) is 12.5 Å². The number of benzene rings is 1. The zero-order valence-corrected chi connectivity index (χ0v) is 11.8. The third kappa shape index (κ3) is 3.63. The molecule has 1 heterocycles. The van der Waals surface area contributed by atoms with Crippen LogP contribution in [0.3, 0.4) is 0 Å². The molecule has 0 radical (unpaired) electrons. The van der Waals surface area contributed by atoms with Gasteiger partial charge < -0.3 is 15.3 Å². The molecule has 1 fully saturated rings. The van der Waals surface area contributed by atoms with Crippen LogP contribution < -0.4 is 5.32 Å². The molecule has 20 heavy (non-hydrogen) atoms. The maximum atomic E-state index is 12.1. The van der Waals surface area contributed by atoms with Crippen molar-refractivity contribution in [3.8, 4) is 0 Å². The molecular weight excluding hydrogens is 280 g/mol. The van der Waals surface area contributed by atoms with E-state index < -0.39 is 11.9 Å². The fourth-order valence-corrected chi connectivity index (χ4v) is 2.49. The highest BCUT2D eigenvalue weighted by Gasteiger charge is 2.27. The van der Waals surface area contributed by atoms with Crippen LogP contribution >= 0.6 is 11.6 Å². The van der Waals surface area contributed by atoms with Crippen LogP contribution in [0.15, 0.2) is 24.3 Å². The Bertz CT molecular complexity index is 507. The van der Waals surface area contributed by atoms with Crippen molar-refractivity contribution in [1.82, 2.24) is 4.90 Å². The number of carboxylic acid groups (broad SMARTS) is 1. The van der Waals surface area contributed by atoms with Crippen LogP contribution in [-0.4, -0.2) is 41.5 Å². The van der Waals surface area contributed by atoms with Crippen molar-refractivity contribution in [2.24, 2.45) is 5.92 Å². The monoisotopic (exact) mass is 296 g/mol. The summed E-state index contributed by atoms with van der Waals surface area (Å²) in [6.45, 7) is 1.03. The fraction of sp³-hybridized carbons (Fsp3) is 0.429. The lowest BCUT2D eigenvalue weighted by molar-refractivity contribution is -0.145. The van der Waals surface area contributed by atoms with Gasteiger partial charge in [0.1, 0.15) is 0 Å². The first-order chi connectivity index (χ1) is 9.58. The third-order valence-electron chi connectivity index (χ3n) is 3.43. The number of nitrogens with one attached hydrogen (secondary N) is 1. The van der Waals surface area contributed by atoms with Crippen LogP contribution in [0.4, 0.5) is 5.69 Å². The van der Waals surface area contributed by atoms with Gasteiger partial charge >= 0.3 is 5.97 Å². The second-order valence-corrected chi connectivity index (χ2v) is 5.26. The molecule has 108 valence electrons. The van der Waals surface area contributed by atoms with Gasteiger partial charge in [-0.2, -0.15) is 0 Å². The number of carbonyl (C=O) groups excluding carboxylic acids is 1. The number of hydrogen-bond acceptors (Lipinski definition) is 3. The summed E-state index contributed by atoms with van der Waals surface area (Å²) in [7, 11) is 0. The van der Waals surface area contributed by atoms with Crippen LogP contribution in [0.25, 0.3) is 0 Å². The lowest BCUT2D eigenvalue weighted by Gasteiger charge is -2.30. The van der Waals surface area contributed by atoms with Gasteiger partial charge in [-0.1, -0.05) is 23.7 Å². The second kappa shape index (κ2) is 6.61. The van der Waals surface area contributed by atoms with E-state index in [2.05, 4.69) is 5.32 Å². The first-order valence-corrected chi connectivity index (χ1v) is 6.94. The molecule has 1 aliphatic rings. The van der Waals surface area contributed by atoms with Gasteiger partial charge in [-0.25, -0.2) is 0 Å². The van der Waals surface area contributed by atoms with E-state index in [0.29, 0.717) is 30.2 Å². The van der Waals surface area contributed by atoms with Gasteiger partial charge in [0, 0.05) is 13.1 Å².